The van der Waals surface area contributed by atoms with E-state index in [1.807, 2.05) is 39.0 Å². The maximum Gasteiger partial charge on any atom is 0.229 e. The van der Waals surface area contributed by atoms with Crippen molar-refractivity contribution < 1.29 is 4.74 Å². The molecule has 0 amide bonds. The smallest absolute Gasteiger partial charge is 0.229 e. The fraction of sp³-hybridized carbons (Fsp3) is 0.250. The van der Waals surface area contributed by atoms with Gasteiger partial charge in [-0.25, -0.2) is 4.98 Å². The van der Waals surface area contributed by atoms with Crippen LogP contribution in [0.4, 0.5) is 0 Å². The molecule has 0 unspecified atom stereocenters. The van der Waals surface area contributed by atoms with Gasteiger partial charge in [-0.2, -0.15) is 0 Å². The lowest BCUT2D eigenvalue weighted by atomic mass is 10.1. The molecule has 2 rings (SSSR count). The van der Waals surface area contributed by atoms with Gasteiger partial charge in [0.25, 0.3) is 0 Å². The van der Waals surface area contributed by atoms with Crippen LogP contribution in [0.5, 0.6) is 11.6 Å². The summed E-state index contributed by atoms with van der Waals surface area (Å²) in [5, 5.41) is 0. The van der Waals surface area contributed by atoms with Crippen LogP contribution < -0.4 is 10.5 Å². The largest absolute Gasteiger partial charge is 0.438 e. The molecule has 0 bridgehead atoms. The molecular weight excluding hydrogens is 268 g/mol. The molecule has 0 spiro atoms. The molecule has 4 heteroatoms. The Hall–Kier alpha value is -1.94. The number of rotatable bonds is 3. The standard InChI is InChI=1S/C16H18N2OS/c1-9-7-10(2)12(4)14(8-9)19-16-13(15(17)20)6-5-11(3)18-16/h5-8H,1-4H3,(H2,17,20). The van der Waals surface area contributed by atoms with Crippen molar-refractivity contribution in [2.75, 3.05) is 0 Å². The second kappa shape index (κ2) is 5.59. The van der Waals surface area contributed by atoms with Gasteiger partial charge in [-0.15, -0.1) is 0 Å². The highest BCUT2D eigenvalue weighted by Gasteiger charge is 2.12. The van der Waals surface area contributed by atoms with Crippen LogP contribution in [0, 0.1) is 27.7 Å². The summed E-state index contributed by atoms with van der Waals surface area (Å²) in [7, 11) is 0. The first-order valence-electron chi connectivity index (χ1n) is 6.41. The number of hydrogen-bond donors (Lipinski definition) is 1. The van der Waals surface area contributed by atoms with E-state index in [4.69, 9.17) is 22.7 Å². The third kappa shape index (κ3) is 2.96. The highest BCUT2D eigenvalue weighted by molar-refractivity contribution is 7.80. The van der Waals surface area contributed by atoms with Gasteiger partial charge in [0.2, 0.25) is 5.88 Å². The van der Waals surface area contributed by atoms with Crippen molar-refractivity contribution in [3.63, 3.8) is 0 Å². The minimum absolute atomic E-state index is 0.287. The minimum atomic E-state index is 0.287. The van der Waals surface area contributed by atoms with Crippen LogP contribution in [0.1, 0.15) is 27.9 Å². The lowest BCUT2D eigenvalue weighted by molar-refractivity contribution is 0.456. The summed E-state index contributed by atoms with van der Waals surface area (Å²) in [6, 6.07) is 7.84. The number of nitrogens with two attached hydrogens (primary N) is 1. The van der Waals surface area contributed by atoms with Gasteiger partial charge in [0.05, 0.1) is 5.56 Å². The summed E-state index contributed by atoms with van der Waals surface area (Å²) < 4.78 is 5.97. The van der Waals surface area contributed by atoms with E-state index in [2.05, 4.69) is 18.0 Å². The fourth-order valence-corrected chi connectivity index (χ4v) is 2.16. The Bertz CT molecular complexity index is 680. The number of nitrogens with zero attached hydrogens (tertiary/aromatic N) is 1. The Kier molecular flexibility index (Phi) is 4.04. The molecule has 0 saturated heterocycles. The average molecular weight is 286 g/mol. The Morgan fingerprint density at radius 1 is 1.15 bits per heavy atom. The topological polar surface area (TPSA) is 48.1 Å². The van der Waals surface area contributed by atoms with E-state index in [1.54, 1.807) is 0 Å². The summed E-state index contributed by atoms with van der Waals surface area (Å²) in [5.41, 5.74) is 10.7. The van der Waals surface area contributed by atoms with Gasteiger partial charge in [-0.1, -0.05) is 18.3 Å². The molecule has 2 aromatic rings. The van der Waals surface area contributed by atoms with Gasteiger partial charge in [0.1, 0.15) is 10.7 Å². The molecule has 20 heavy (non-hydrogen) atoms. The summed E-state index contributed by atoms with van der Waals surface area (Å²) >= 11 is 5.05. The molecule has 0 atom stereocenters. The van der Waals surface area contributed by atoms with Crippen LogP contribution in [-0.2, 0) is 0 Å². The second-order valence-electron chi connectivity index (χ2n) is 4.98. The molecular formula is C16H18N2OS. The third-order valence-corrected chi connectivity index (χ3v) is 3.46. The number of hydrogen-bond acceptors (Lipinski definition) is 3. The van der Waals surface area contributed by atoms with Crippen molar-refractivity contribution in [3.05, 3.63) is 52.2 Å². The molecule has 0 aliphatic rings. The van der Waals surface area contributed by atoms with Crippen LogP contribution >= 0.6 is 12.2 Å². The third-order valence-electron chi connectivity index (χ3n) is 3.24. The monoisotopic (exact) mass is 286 g/mol. The molecule has 2 N–H and O–H groups in total. The van der Waals surface area contributed by atoms with Crippen molar-refractivity contribution in [1.29, 1.82) is 0 Å². The number of benzene rings is 1. The molecule has 1 aromatic heterocycles. The molecule has 104 valence electrons. The Morgan fingerprint density at radius 2 is 1.85 bits per heavy atom. The van der Waals surface area contributed by atoms with Crippen molar-refractivity contribution in [2.24, 2.45) is 5.73 Å². The predicted molar refractivity (Wildman–Crippen MR) is 85.6 cm³/mol. The summed E-state index contributed by atoms with van der Waals surface area (Å²) in [6.45, 7) is 8.04. The van der Waals surface area contributed by atoms with E-state index in [0.29, 0.717) is 11.4 Å². The predicted octanol–water partition coefficient (Wildman–Crippen LogP) is 3.74. The van der Waals surface area contributed by atoms with Gasteiger partial charge >= 0.3 is 0 Å². The Balaban J connectivity index is 2.50. The zero-order valence-electron chi connectivity index (χ0n) is 12.2. The molecule has 0 fully saturated rings. The SMILES string of the molecule is Cc1cc(C)c(C)c(Oc2nc(C)ccc2C(N)=S)c1. The van der Waals surface area contributed by atoms with E-state index >= 15 is 0 Å². The van der Waals surface area contributed by atoms with Crippen LogP contribution in [0.15, 0.2) is 24.3 Å². The maximum atomic E-state index is 5.97. The minimum Gasteiger partial charge on any atom is -0.438 e. The van der Waals surface area contributed by atoms with E-state index in [-0.39, 0.29) is 4.99 Å². The van der Waals surface area contributed by atoms with E-state index < -0.39 is 0 Å². The fourth-order valence-electron chi connectivity index (χ4n) is 2.01. The molecule has 1 heterocycles. The molecule has 0 aliphatic heterocycles. The zero-order chi connectivity index (χ0) is 14.9. The highest BCUT2D eigenvalue weighted by Crippen LogP contribution is 2.29. The first kappa shape index (κ1) is 14.5. The molecule has 3 nitrogen and oxygen atoms in total. The van der Waals surface area contributed by atoms with Crippen molar-refractivity contribution in [3.8, 4) is 11.6 Å². The summed E-state index contributed by atoms with van der Waals surface area (Å²) in [5.74, 6) is 1.25. The Morgan fingerprint density at radius 3 is 2.50 bits per heavy atom. The first-order valence-corrected chi connectivity index (χ1v) is 6.82. The number of pyridine rings is 1. The molecule has 0 radical (unpaired) electrons. The van der Waals surface area contributed by atoms with E-state index in [0.717, 1.165) is 22.6 Å². The van der Waals surface area contributed by atoms with Gasteiger partial charge in [-0.3, -0.25) is 0 Å². The Labute approximate surface area is 124 Å². The summed E-state index contributed by atoms with van der Waals surface area (Å²) in [4.78, 5) is 4.69. The molecule has 0 saturated carbocycles. The van der Waals surface area contributed by atoms with Crippen LogP contribution in [-0.4, -0.2) is 9.97 Å². The number of aromatic nitrogens is 1. The lowest BCUT2D eigenvalue weighted by Crippen LogP contribution is -2.12. The van der Waals surface area contributed by atoms with Crippen LogP contribution in [0.3, 0.4) is 0 Å². The number of ether oxygens (including phenoxy) is 1. The van der Waals surface area contributed by atoms with Gasteiger partial charge in [-0.05, 0) is 62.6 Å². The number of thiocarbonyl (C=S) groups is 1. The number of aryl methyl sites for hydroxylation is 3. The molecule has 1 aromatic carbocycles. The normalized spacial score (nSPS) is 10.4. The second-order valence-corrected chi connectivity index (χ2v) is 5.42. The highest BCUT2D eigenvalue weighted by atomic mass is 32.1. The first-order chi connectivity index (χ1) is 9.38. The van der Waals surface area contributed by atoms with Crippen molar-refractivity contribution in [2.45, 2.75) is 27.7 Å². The van der Waals surface area contributed by atoms with Crippen molar-refractivity contribution >= 4 is 17.2 Å². The van der Waals surface area contributed by atoms with Gasteiger partial charge in [0.15, 0.2) is 0 Å². The van der Waals surface area contributed by atoms with Crippen molar-refractivity contribution in [1.82, 2.24) is 4.98 Å². The summed E-state index contributed by atoms with van der Waals surface area (Å²) in [6.07, 6.45) is 0. The van der Waals surface area contributed by atoms with Crippen LogP contribution in [0.2, 0.25) is 0 Å². The van der Waals surface area contributed by atoms with E-state index in [1.165, 1.54) is 5.56 Å². The van der Waals surface area contributed by atoms with Crippen LogP contribution in [0.25, 0.3) is 0 Å². The quantitative estimate of drug-likeness (QED) is 0.873. The van der Waals surface area contributed by atoms with Gasteiger partial charge in [0, 0.05) is 5.69 Å². The molecule has 0 aliphatic carbocycles. The average Bonchev–Trinajstić information content (AvgIpc) is 2.35. The van der Waals surface area contributed by atoms with E-state index in [9.17, 15) is 0 Å². The van der Waals surface area contributed by atoms with Gasteiger partial charge < -0.3 is 10.5 Å². The lowest BCUT2D eigenvalue weighted by Gasteiger charge is -2.14. The maximum absolute atomic E-state index is 5.97. The zero-order valence-corrected chi connectivity index (χ0v) is 13.0.